The van der Waals surface area contributed by atoms with Crippen LogP contribution in [0.15, 0.2) is 40.9 Å². The van der Waals surface area contributed by atoms with Gasteiger partial charge in [0.1, 0.15) is 5.69 Å². The van der Waals surface area contributed by atoms with E-state index in [4.69, 9.17) is 0 Å². The van der Waals surface area contributed by atoms with Crippen LogP contribution >= 0.6 is 15.9 Å². The third-order valence-electron chi connectivity index (χ3n) is 4.45. The predicted molar refractivity (Wildman–Crippen MR) is 103 cm³/mol. The SMILES string of the molecule is CCCCCc1ccc(C2=C(Br)C(=O)c3nc(C)ccc3C2=O)cc1. The van der Waals surface area contributed by atoms with E-state index in [-0.39, 0.29) is 17.3 Å². The van der Waals surface area contributed by atoms with Gasteiger partial charge < -0.3 is 0 Å². The minimum absolute atomic E-state index is 0.160. The van der Waals surface area contributed by atoms with E-state index in [0.717, 1.165) is 24.1 Å². The normalized spacial score (nSPS) is 14.0. The smallest absolute Gasteiger partial charge is 0.219 e. The third-order valence-corrected chi connectivity index (χ3v) is 5.21. The molecule has 0 unspecified atom stereocenters. The first-order valence-corrected chi connectivity index (χ1v) is 9.38. The lowest BCUT2D eigenvalue weighted by molar-refractivity contribution is 0.0995. The van der Waals surface area contributed by atoms with Gasteiger partial charge in [-0.15, -0.1) is 0 Å². The topological polar surface area (TPSA) is 47.0 Å². The van der Waals surface area contributed by atoms with Crippen LogP contribution in [-0.4, -0.2) is 16.6 Å². The molecule has 25 heavy (non-hydrogen) atoms. The Kier molecular flexibility index (Phi) is 5.28. The van der Waals surface area contributed by atoms with Gasteiger partial charge in [0.2, 0.25) is 5.78 Å². The number of aromatic nitrogens is 1. The molecule has 0 bridgehead atoms. The van der Waals surface area contributed by atoms with Crippen molar-refractivity contribution in [2.45, 2.75) is 39.5 Å². The summed E-state index contributed by atoms with van der Waals surface area (Å²) in [7, 11) is 0. The van der Waals surface area contributed by atoms with Crippen molar-refractivity contribution in [3.8, 4) is 0 Å². The lowest BCUT2D eigenvalue weighted by Crippen LogP contribution is -2.21. The summed E-state index contributed by atoms with van der Waals surface area (Å²) in [5, 5.41) is 0. The zero-order valence-electron chi connectivity index (χ0n) is 14.4. The van der Waals surface area contributed by atoms with Gasteiger partial charge in [-0.2, -0.15) is 0 Å². The van der Waals surface area contributed by atoms with Crippen LogP contribution in [0.5, 0.6) is 0 Å². The first kappa shape index (κ1) is 17.7. The van der Waals surface area contributed by atoms with E-state index < -0.39 is 0 Å². The fourth-order valence-electron chi connectivity index (χ4n) is 3.04. The van der Waals surface area contributed by atoms with Crippen molar-refractivity contribution in [3.05, 3.63) is 69.0 Å². The van der Waals surface area contributed by atoms with Gasteiger partial charge in [0.05, 0.1) is 10.0 Å². The second kappa shape index (κ2) is 7.44. The molecule has 1 heterocycles. The molecule has 128 valence electrons. The number of halogens is 1. The van der Waals surface area contributed by atoms with Gasteiger partial charge in [-0.05, 0) is 59.0 Å². The number of hydrogen-bond donors (Lipinski definition) is 0. The highest BCUT2D eigenvalue weighted by Crippen LogP contribution is 2.34. The molecular weight excluding hydrogens is 378 g/mol. The fourth-order valence-corrected chi connectivity index (χ4v) is 3.64. The zero-order chi connectivity index (χ0) is 18.0. The van der Waals surface area contributed by atoms with Crippen molar-refractivity contribution < 1.29 is 9.59 Å². The maximum absolute atomic E-state index is 12.9. The Balaban J connectivity index is 1.94. The maximum atomic E-state index is 12.9. The molecular formula is C21H20BrNO2. The molecule has 0 N–H and O–H groups in total. The largest absolute Gasteiger partial charge is 0.288 e. The quantitative estimate of drug-likeness (QED) is 0.642. The van der Waals surface area contributed by atoms with Gasteiger partial charge in [-0.3, -0.25) is 9.59 Å². The Bertz CT molecular complexity index is 866. The molecule has 3 rings (SSSR count). The van der Waals surface area contributed by atoms with E-state index in [0.29, 0.717) is 15.6 Å². The van der Waals surface area contributed by atoms with Crippen molar-refractivity contribution in [2.24, 2.45) is 0 Å². The first-order chi connectivity index (χ1) is 12.0. The number of nitrogens with zero attached hydrogens (tertiary/aromatic N) is 1. The number of benzene rings is 1. The number of rotatable bonds is 5. The number of allylic oxidation sites excluding steroid dienone is 2. The summed E-state index contributed by atoms with van der Waals surface area (Å²) in [4.78, 5) is 29.8. The molecule has 2 aromatic rings. The Labute approximate surface area is 156 Å². The zero-order valence-corrected chi connectivity index (χ0v) is 16.0. The molecule has 1 aromatic heterocycles. The summed E-state index contributed by atoms with van der Waals surface area (Å²) < 4.78 is 0.293. The number of unbranched alkanes of at least 4 members (excludes halogenated alkanes) is 2. The van der Waals surface area contributed by atoms with Gasteiger partial charge in [-0.1, -0.05) is 44.0 Å². The van der Waals surface area contributed by atoms with Crippen molar-refractivity contribution in [3.63, 3.8) is 0 Å². The fraction of sp³-hybridized carbons (Fsp3) is 0.286. The van der Waals surface area contributed by atoms with Crippen LogP contribution in [0, 0.1) is 6.92 Å². The van der Waals surface area contributed by atoms with Crippen LogP contribution in [0.3, 0.4) is 0 Å². The van der Waals surface area contributed by atoms with E-state index in [9.17, 15) is 9.59 Å². The van der Waals surface area contributed by atoms with Crippen LogP contribution in [0.1, 0.15) is 63.9 Å². The van der Waals surface area contributed by atoms with Crippen molar-refractivity contribution in [1.82, 2.24) is 4.98 Å². The van der Waals surface area contributed by atoms with E-state index >= 15 is 0 Å². The average molecular weight is 398 g/mol. The summed E-state index contributed by atoms with van der Waals surface area (Å²) in [6.45, 7) is 4.00. The molecule has 1 aliphatic rings. The molecule has 0 fully saturated rings. The number of carbonyl (C=O) groups excluding carboxylic acids is 2. The molecule has 0 saturated heterocycles. The Morgan fingerprint density at radius 3 is 2.36 bits per heavy atom. The van der Waals surface area contributed by atoms with E-state index in [1.807, 2.05) is 31.2 Å². The molecule has 0 spiro atoms. The van der Waals surface area contributed by atoms with Gasteiger partial charge in [-0.25, -0.2) is 4.98 Å². The van der Waals surface area contributed by atoms with Crippen LogP contribution < -0.4 is 0 Å². The second-order valence-corrected chi connectivity index (χ2v) is 7.14. The van der Waals surface area contributed by atoms with Gasteiger partial charge in [0.25, 0.3) is 0 Å². The number of pyridine rings is 1. The number of fused-ring (bicyclic) bond motifs is 1. The molecule has 0 saturated carbocycles. The summed E-state index contributed by atoms with van der Waals surface area (Å²) in [5.74, 6) is -0.395. The average Bonchev–Trinajstić information content (AvgIpc) is 2.61. The summed E-state index contributed by atoms with van der Waals surface area (Å²) in [5.41, 5.74) is 3.76. The molecule has 3 nitrogen and oxygen atoms in total. The van der Waals surface area contributed by atoms with Crippen LogP contribution in [-0.2, 0) is 6.42 Å². The Morgan fingerprint density at radius 1 is 0.960 bits per heavy atom. The molecule has 4 heteroatoms. The van der Waals surface area contributed by atoms with Crippen molar-refractivity contribution >= 4 is 33.1 Å². The maximum Gasteiger partial charge on any atom is 0.219 e. The lowest BCUT2D eigenvalue weighted by Gasteiger charge is -2.18. The summed E-state index contributed by atoms with van der Waals surface area (Å²) in [6, 6.07) is 11.4. The van der Waals surface area contributed by atoms with Gasteiger partial charge in [0, 0.05) is 11.3 Å². The molecule has 0 aliphatic heterocycles. The van der Waals surface area contributed by atoms with Crippen LogP contribution in [0.25, 0.3) is 5.57 Å². The van der Waals surface area contributed by atoms with E-state index in [2.05, 4.69) is 27.8 Å². The second-order valence-electron chi connectivity index (χ2n) is 6.35. The standard InChI is InChI=1S/C21H20BrNO2/c1-3-4-5-6-14-8-10-15(11-9-14)17-18(22)21(25)19-16(20(17)24)12-7-13(2)23-19/h7-12H,3-6H2,1-2H3. The molecule has 1 aliphatic carbocycles. The Hall–Kier alpha value is -2.07. The highest BCUT2D eigenvalue weighted by atomic mass is 79.9. The van der Waals surface area contributed by atoms with E-state index in [1.165, 1.54) is 18.4 Å². The van der Waals surface area contributed by atoms with Crippen LogP contribution in [0.4, 0.5) is 0 Å². The Morgan fingerprint density at radius 2 is 1.68 bits per heavy atom. The summed E-state index contributed by atoms with van der Waals surface area (Å²) in [6.07, 6.45) is 4.61. The lowest BCUT2D eigenvalue weighted by atomic mass is 9.88. The number of carbonyl (C=O) groups is 2. The first-order valence-electron chi connectivity index (χ1n) is 8.59. The van der Waals surface area contributed by atoms with Crippen molar-refractivity contribution in [1.29, 1.82) is 0 Å². The summed E-state index contributed by atoms with van der Waals surface area (Å²) >= 11 is 3.33. The number of Topliss-reactive ketones (excluding diaryl/α,β-unsaturated/α-hetero) is 2. The minimum Gasteiger partial charge on any atom is -0.288 e. The van der Waals surface area contributed by atoms with Gasteiger partial charge in [0.15, 0.2) is 5.78 Å². The number of ketones is 2. The molecule has 1 aromatic carbocycles. The molecule has 0 amide bonds. The number of hydrogen-bond acceptors (Lipinski definition) is 3. The molecule has 0 radical (unpaired) electrons. The van der Waals surface area contributed by atoms with Gasteiger partial charge >= 0.3 is 0 Å². The van der Waals surface area contributed by atoms with Crippen molar-refractivity contribution in [2.75, 3.05) is 0 Å². The monoisotopic (exact) mass is 397 g/mol. The van der Waals surface area contributed by atoms with E-state index in [1.54, 1.807) is 12.1 Å². The predicted octanol–water partition coefficient (Wildman–Crippen LogP) is 5.31. The van der Waals surface area contributed by atoms with Crippen LogP contribution in [0.2, 0.25) is 0 Å². The highest BCUT2D eigenvalue weighted by molar-refractivity contribution is 9.12. The third kappa shape index (κ3) is 3.49. The number of aryl methyl sites for hydroxylation is 2. The minimum atomic E-state index is -0.236. The highest BCUT2D eigenvalue weighted by Gasteiger charge is 2.32. The molecule has 0 atom stereocenters.